The molecule has 0 aliphatic heterocycles. The minimum atomic E-state index is -1.22. The van der Waals surface area contributed by atoms with Gasteiger partial charge in [-0.3, -0.25) is 4.79 Å². The Labute approximate surface area is 109 Å². The standard InChI is InChI=1S/C13H14FNO4/c1-7(12(16)15-9-3-4-9)19-11-5-2-8(13(17)18)6-10(11)14/h2,5-7,9H,3-4H2,1H3,(H,15,16)(H,17,18). The van der Waals surface area contributed by atoms with Crippen LogP contribution in [0, 0.1) is 5.82 Å². The summed E-state index contributed by atoms with van der Waals surface area (Å²) in [5.41, 5.74) is -0.167. The topological polar surface area (TPSA) is 75.6 Å². The first-order valence-electron chi connectivity index (χ1n) is 5.97. The van der Waals surface area contributed by atoms with Crippen molar-refractivity contribution in [1.82, 2.24) is 5.32 Å². The van der Waals surface area contributed by atoms with E-state index in [1.54, 1.807) is 0 Å². The number of carboxylic acids is 1. The summed E-state index contributed by atoms with van der Waals surface area (Å²) in [6.07, 6.45) is 1.09. The summed E-state index contributed by atoms with van der Waals surface area (Å²) in [5, 5.41) is 11.4. The fourth-order valence-corrected chi connectivity index (χ4v) is 1.52. The molecule has 0 bridgehead atoms. The van der Waals surface area contributed by atoms with E-state index in [1.165, 1.54) is 19.1 Å². The zero-order valence-corrected chi connectivity index (χ0v) is 10.4. The molecule has 1 amide bonds. The molecule has 1 aromatic carbocycles. The van der Waals surface area contributed by atoms with Gasteiger partial charge in [-0.2, -0.15) is 0 Å². The van der Waals surface area contributed by atoms with E-state index in [0.717, 1.165) is 18.9 Å². The van der Waals surface area contributed by atoms with Gasteiger partial charge in [0, 0.05) is 6.04 Å². The van der Waals surface area contributed by atoms with E-state index < -0.39 is 17.9 Å². The maximum absolute atomic E-state index is 13.6. The molecule has 0 aromatic heterocycles. The predicted octanol–water partition coefficient (Wildman–Crippen LogP) is 1.57. The molecule has 6 heteroatoms. The summed E-state index contributed by atoms with van der Waals surface area (Å²) >= 11 is 0. The molecule has 0 spiro atoms. The molecule has 1 unspecified atom stereocenters. The smallest absolute Gasteiger partial charge is 0.335 e. The molecule has 1 atom stereocenters. The first-order chi connectivity index (χ1) is 8.97. The zero-order chi connectivity index (χ0) is 14.0. The van der Waals surface area contributed by atoms with Crippen molar-refractivity contribution < 1.29 is 23.8 Å². The fourth-order valence-electron chi connectivity index (χ4n) is 1.52. The molecular weight excluding hydrogens is 253 g/mol. The highest BCUT2D eigenvalue weighted by atomic mass is 19.1. The summed E-state index contributed by atoms with van der Waals surface area (Å²) < 4.78 is 18.8. The van der Waals surface area contributed by atoms with E-state index >= 15 is 0 Å². The van der Waals surface area contributed by atoms with E-state index in [1.807, 2.05) is 0 Å². The molecule has 19 heavy (non-hydrogen) atoms. The Bertz CT molecular complexity index is 513. The molecule has 0 heterocycles. The van der Waals surface area contributed by atoms with Gasteiger partial charge in [-0.25, -0.2) is 9.18 Å². The maximum Gasteiger partial charge on any atom is 0.335 e. The largest absolute Gasteiger partial charge is 0.478 e. The molecule has 0 radical (unpaired) electrons. The van der Waals surface area contributed by atoms with E-state index in [2.05, 4.69) is 5.32 Å². The van der Waals surface area contributed by atoms with Crippen molar-refractivity contribution in [3.8, 4) is 5.75 Å². The summed E-state index contributed by atoms with van der Waals surface area (Å²) in [4.78, 5) is 22.3. The van der Waals surface area contributed by atoms with Crippen LogP contribution in [0.5, 0.6) is 5.75 Å². The van der Waals surface area contributed by atoms with Crippen molar-refractivity contribution in [2.24, 2.45) is 0 Å². The molecule has 1 saturated carbocycles. The third-order valence-corrected chi connectivity index (χ3v) is 2.78. The van der Waals surface area contributed by atoms with Crippen LogP contribution in [0.3, 0.4) is 0 Å². The number of carbonyl (C=O) groups excluding carboxylic acids is 1. The number of ether oxygens (including phenoxy) is 1. The van der Waals surface area contributed by atoms with Crippen LogP contribution in [0.15, 0.2) is 18.2 Å². The molecule has 5 nitrogen and oxygen atoms in total. The van der Waals surface area contributed by atoms with Crippen molar-refractivity contribution in [1.29, 1.82) is 0 Å². The lowest BCUT2D eigenvalue weighted by molar-refractivity contribution is -0.127. The molecular formula is C13H14FNO4. The second kappa shape index (κ2) is 5.26. The first kappa shape index (κ1) is 13.3. The van der Waals surface area contributed by atoms with Crippen molar-refractivity contribution in [3.05, 3.63) is 29.6 Å². The van der Waals surface area contributed by atoms with Crippen molar-refractivity contribution >= 4 is 11.9 Å². The number of hydrogen-bond donors (Lipinski definition) is 2. The number of hydrogen-bond acceptors (Lipinski definition) is 3. The highest BCUT2D eigenvalue weighted by molar-refractivity contribution is 5.87. The molecule has 1 fully saturated rings. The lowest BCUT2D eigenvalue weighted by atomic mass is 10.2. The number of aromatic carboxylic acids is 1. The van der Waals surface area contributed by atoms with Crippen molar-refractivity contribution in [3.63, 3.8) is 0 Å². The molecule has 1 aliphatic carbocycles. The van der Waals surface area contributed by atoms with Crippen LogP contribution in [0.1, 0.15) is 30.1 Å². The van der Waals surface area contributed by atoms with Crippen LogP contribution in [0.2, 0.25) is 0 Å². The SMILES string of the molecule is CC(Oc1ccc(C(=O)O)cc1F)C(=O)NC1CC1. The lowest BCUT2D eigenvalue weighted by Crippen LogP contribution is -2.37. The number of halogens is 1. The third-order valence-electron chi connectivity index (χ3n) is 2.78. The quantitative estimate of drug-likeness (QED) is 0.849. The average molecular weight is 267 g/mol. The Hall–Kier alpha value is -2.11. The second-order valence-corrected chi connectivity index (χ2v) is 4.49. The Morgan fingerprint density at radius 2 is 2.16 bits per heavy atom. The van der Waals surface area contributed by atoms with Gasteiger partial charge in [0.05, 0.1) is 5.56 Å². The fraction of sp³-hybridized carbons (Fsp3) is 0.385. The summed E-state index contributed by atoms with van der Waals surface area (Å²) in [6.45, 7) is 1.52. The zero-order valence-electron chi connectivity index (χ0n) is 10.4. The van der Waals surface area contributed by atoms with Gasteiger partial charge in [0.2, 0.25) is 0 Å². The normalized spacial score (nSPS) is 15.7. The van der Waals surface area contributed by atoms with Crippen LogP contribution < -0.4 is 10.1 Å². The molecule has 1 aliphatic rings. The van der Waals surface area contributed by atoms with Gasteiger partial charge in [-0.1, -0.05) is 0 Å². The number of amides is 1. The van der Waals surface area contributed by atoms with Crippen LogP contribution in [0.25, 0.3) is 0 Å². The van der Waals surface area contributed by atoms with Gasteiger partial charge in [0.1, 0.15) is 0 Å². The highest BCUT2D eigenvalue weighted by Gasteiger charge is 2.26. The van der Waals surface area contributed by atoms with Gasteiger partial charge < -0.3 is 15.2 Å². The van der Waals surface area contributed by atoms with E-state index in [9.17, 15) is 14.0 Å². The summed E-state index contributed by atoms with van der Waals surface area (Å²) in [5.74, 6) is -2.45. The molecule has 2 rings (SSSR count). The van der Waals surface area contributed by atoms with Crippen LogP contribution >= 0.6 is 0 Å². The number of benzene rings is 1. The minimum absolute atomic E-state index is 0.136. The predicted molar refractivity (Wildman–Crippen MR) is 64.6 cm³/mol. The van der Waals surface area contributed by atoms with Gasteiger partial charge in [-0.05, 0) is 38.0 Å². The Balaban J connectivity index is 2.01. The van der Waals surface area contributed by atoms with Gasteiger partial charge in [0.15, 0.2) is 17.7 Å². The highest BCUT2D eigenvalue weighted by Crippen LogP contribution is 2.21. The van der Waals surface area contributed by atoms with E-state index in [4.69, 9.17) is 9.84 Å². The Morgan fingerprint density at radius 1 is 1.47 bits per heavy atom. The molecule has 102 valence electrons. The van der Waals surface area contributed by atoms with Crippen LogP contribution in [-0.4, -0.2) is 29.1 Å². The number of nitrogens with one attached hydrogen (secondary N) is 1. The second-order valence-electron chi connectivity index (χ2n) is 4.49. The molecule has 2 N–H and O–H groups in total. The van der Waals surface area contributed by atoms with Gasteiger partial charge in [-0.15, -0.1) is 0 Å². The van der Waals surface area contributed by atoms with Crippen LogP contribution in [-0.2, 0) is 4.79 Å². The minimum Gasteiger partial charge on any atom is -0.478 e. The lowest BCUT2D eigenvalue weighted by Gasteiger charge is -2.15. The van der Waals surface area contributed by atoms with Crippen LogP contribution in [0.4, 0.5) is 4.39 Å². The van der Waals surface area contributed by atoms with Crippen molar-refractivity contribution in [2.45, 2.75) is 31.9 Å². The maximum atomic E-state index is 13.6. The molecule has 0 saturated heterocycles. The Morgan fingerprint density at radius 3 is 2.68 bits per heavy atom. The number of carbonyl (C=O) groups is 2. The summed E-state index contributed by atoms with van der Waals surface area (Å²) in [6, 6.07) is 3.51. The number of carboxylic acid groups (broad SMARTS) is 1. The summed E-state index contributed by atoms with van der Waals surface area (Å²) in [7, 11) is 0. The first-order valence-corrected chi connectivity index (χ1v) is 5.97. The monoisotopic (exact) mass is 267 g/mol. The number of rotatable bonds is 5. The van der Waals surface area contributed by atoms with Crippen molar-refractivity contribution in [2.75, 3.05) is 0 Å². The van der Waals surface area contributed by atoms with Gasteiger partial charge in [0.25, 0.3) is 5.91 Å². The Kier molecular flexibility index (Phi) is 3.69. The van der Waals surface area contributed by atoms with E-state index in [-0.39, 0.29) is 23.3 Å². The van der Waals surface area contributed by atoms with Gasteiger partial charge >= 0.3 is 5.97 Å². The third kappa shape index (κ3) is 3.43. The van der Waals surface area contributed by atoms with E-state index in [0.29, 0.717) is 0 Å². The average Bonchev–Trinajstić information content (AvgIpc) is 3.15. The molecule has 1 aromatic rings.